The van der Waals surface area contributed by atoms with Gasteiger partial charge in [0.15, 0.2) is 0 Å². The number of aryl methyl sites for hydroxylation is 1. The highest BCUT2D eigenvalue weighted by Crippen LogP contribution is 2.33. The zero-order valence-corrected chi connectivity index (χ0v) is 15.7. The average molecular weight is 362 g/mol. The summed E-state index contributed by atoms with van der Waals surface area (Å²) in [6.45, 7) is 3.66. The molecular formula is C22H22N2OS. The van der Waals surface area contributed by atoms with Crippen LogP contribution in [0.1, 0.15) is 34.9 Å². The molecule has 132 valence electrons. The number of nitrogens with zero attached hydrogens (tertiary/aromatic N) is 2. The topological polar surface area (TPSA) is 33.2 Å². The maximum absolute atomic E-state index is 12.7. The van der Waals surface area contributed by atoms with Crippen LogP contribution < -0.4 is 0 Å². The van der Waals surface area contributed by atoms with Crippen molar-refractivity contribution in [2.75, 3.05) is 13.1 Å². The third-order valence-electron chi connectivity index (χ3n) is 4.99. The lowest BCUT2D eigenvalue weighted by atomic mass is 9.98. The van der Waals surface area contributed by atoms with Gasteiger partial charge in [0.1, 0.15) is 0 Å². The summed E-state index contributed by atoms with van der Waals surface area (Å²) in [6.07, 6.45) is 5.78. The van der Waals surface area contributed by atoms with E-state index in [1.165, 1.54) is 10.3 Å². The van der Waals surface area contributed by atoms with Crippen molar-refractivity contribution in [3.05, 3.63) is 70.7 Å². The van der Waals surface area contributed by atoms with E-state index in [1.54, 1.807) is 17.4 Å². The smallest absolute Gasteiger partial charge is 0.246 e. The second kappa shape index (κ2) is 7.42. The number of thiazole rings is 1. The van der Waals surface area contributed by atoms with E-state index in [-0.39, 0.29) is 5.91 Å². The highest BCUT2D eigenvalue weighted by atomic mass is 32.1. The third kappa shape index (κ3) is 3.56. The van der Waals surface area contributed by atoms with Crippen LogP contribution in [0, 0.1) is 6.92 Å². The van der Waals surface area contributed by atoms with Crippen molar-refractivity contribution in [3.8, 4) is 0 Å². The standard InChI is InChI=1S/C22H22N2OS/c1-16-7-2-3-8-17(16)12-13-21(25)24-14-6-9-18(15-24)22-23-19-10-4-5-11-20(19)26-22/h2-5,7-8,10-13,18H,6,9,14-15H2,1H3/b13-12+/t18-/m0/s1. The minimum Gasteiger partial charge on any atom is -0.338 e. The third-order valence-corrected chi connectivity index (χ3v) is 6.19. The summed E-state index contributed by atoms with van der Waals surface area (Å²) in [7, 11) is 0. The van der Waals surface area contributed by atoms with E-state index in [2.05, 4.69) is 31.2 Å². The van der Waals surface area contributed by atoms with Gasteiger partial charge in [-0.3, -0.25) is 4.79 Å². The number of amides is 1. The Morgan fingerprint density at radius 2 is 2.00 bits per heavy atom. The number of fused-ring (bicyclic) bond motifs is 1. The molecule has 1 aromatic heterocycles. The van der Waals surface area contributed by atoms with Gasteiger partial charge < -0.3 is 4.90 Å². The second-order valence-corrected chi connectivity index (χ2v) is 7.90. The molecule has 2 heterocycles. The van der Waals surface area contributed by atoms with E-state index >= 15 is 0 Å². The number of rotatable bonds is 3. The van der Waals surface area contributed by atoms with Crippen molar-refractivity contribution in [2.45, 2.75) is 25.7 Å². The molecule has 2 aromatic carbocycles. The van der Waals surface area contributed by atoms with Gasteiger partial charge in [-0.05, 0) is 49.1 Å². The molecule has 0 N–H and O–H groups in total. The summed E-state index contributed by atoms with van der Waals surface area (Å²) in [5, 5.41) is 1.16. The van der Waals surface area contributed by atoms with Crippen LogP contribution in [0.4, 0.5) is 0 Å². The highest BCUT2D eigenvalue weighted by Gasteiger charge is 2.26. The number of benzene rings is 2. The predicted molar refractivity (Wildman–Crippen MR) is 108 cm³/mol. The minimum atomic E-state index is 0.0964. The first-order chi connectivity index (χ1) is 12.7. The molecule has 26 heavy (non-hydrogen) atoms. The minimum absolute atomic E-state index is 0.0964. The molecule has 1 aliphatic rings. The van der Waals surface area contributed by atoms with Gasteiger partial charge in [0.2, 0.25) is 5.91 Å². The summed E-state index contributed by atoms with van der Waals surface area (Å²) in [5.74, 6) is 0.441. The predicted octanol–water partition coefficient (Wildman–Crippen LogP) is 5.02. The van der Waals surface area contributed by atoms with Crippen molar-refractivity contribution in [1.82, 2.24) is 9.88 Å². The van der Waals surface area contributed by atoms with E-state index in [0.29, 0.717) is 5.92 Å². The quantitative estimate of drug-likeness (QED) is 0.613. The van der Waals surface area contributed by atoms with Crippen LogP contribution in [0.5, 0.6) is 0 Å². The van der Waals surface area contributed by atoms with Crippen molar-refractivity contribution >= 4 is 33.5 Å². The van der Waals surface area contributed by atoms with Crippen LogP contribution in [0.25, 0.3) is 16.3 Å². The lowest BCUT2D eigenvalue weighted by molar-refractivity contribution is -0.127. The number of aromatic nitrogens is 1. The lowest BCUT2D eigenvalue weighted by Gasteiger charge is -2.31. The number of hydrogen-bond acceptors (Lipinski definition) is 3. The molecule has 0 bridgehead atoms. The Hall–Kier alpha value is -2.46. The fraction of sp³-hybridized carbons (Fsp3) is 0.273. The van der Waals surface area contributed by atoms with Gasteiger partial charge in [-0.2, -0.15) is 0 Å². The summed E-state index contributed by atoms with van der Waals surface area (Å²) in [5.41, 5.74) is 3.35. The van der Waals surface area contributed by atoms with Gasteiger partial charge in [-0.25, -0.2) is 4.98 Å². The van der Waals surface area contributed by atoms with Crippen LogP contribution in [-0.2, 0) is 4.79 Å². The molecule has 1 aliphatic heterocycles. The SMILES string of the molecule is Cc1ccccc1/C=C/C(=O)N1CCC[C@H](c2nc3ccccc3s2)C1. The van der Waals surface area contributed by atoms with Gasteiger partial charge in [0.05, 0.1) is 15.2 Å². The van der Waals surface area contributed by atoms with Crippen LogP contribution >= 0.6 is 11.3 Å². The summed E-state index contributed by atoms with van der Waals surface area (Å²) in [6, 6.07) is 16.4. The monoisotopic (exact) mass is 362 g/mol. The second-order valence-electron chi connectivity index (χ2n) is 6.83. The molecule has 1 saturated heterocycles. The van der Waals surface area contributed by atoms with Gasteiger partial charge in [-0.15, -0.1) is 11.3 Å². The van der Waals surface area contributed by atoms with Crippen molar-refractivity contribution in [3.63, 3.8) is 0 Å². The average Bonchev–Trinajstić information content (AvgIpc) is 3.11. The molecule has 0 radical (unpaired) electrons. The van der Waals surface area contributed by atoms with Crippen LogP contribution in [-0.4, -0.2) is 28.9 Å². The molecule has 4 rings (SSSR count). The number of likely N-dealkylation sites (tertiary alicyclic amines) is 1. The van der Waals surface area contributed by atoms with Gasteiger partial charge >= 0.3 is 0 Å². The van der Waals surface area contributed by atoms with Crippen molar-refractivity contribution < 1.29 is 4.79 Å². The molecule has 0 aliphatic carbocycles. The number of carbonyl (C=O) groups excluding carboxylic acids is 1. The maximum Gasteiger partial charge on any atom is 0.246 e. The summed E-state index contributed by atoms with van der Waals surface area (Å²) >= 11 is 1.76. The Morgan fingerprint density at radius 1 is 1.19 bits per heavy atom. The van der Waals surface area contributed by atoms with E-state index in [1.807, 2.05) is 35.2 Å². The lowest BCUT2D eigenvalue weighted by Crippen LogP contribution is -2.38. The van der Waals surface area contributed by atoms with E-state index in [0.717, 1.165) is 42.0 Å². The summed E-state index contributed by atoms with van der Waals surface area (Å²) in [4.78, 5) is 19.4. The molecule has 0 unspecified atom stereocenters. The van der Waals surface area contributed by atoms with Crippen LogP contribution in [0.15, 0.2) is 54.6 Å². The molecule has 4 heteroatoms. The fourth-order valence-corrected chi connectivity index (χ4v) is 4.58. The Kier molecular flexibility index (Phi) is 4.85. The number of piperidine rings is 1. The Labute approximate surface area is 158 Å². The van der Waals surface area contributed by atoms with Crippen LogP contribution in [0.2, 0.25) is 0 Å². The number of hydrogen-bond donors (Lipinski definition) is 0. The van der Waals surface area contributed by atoms with Crippen molar-refractivity contribution in [2.24, 2.45) is 0 Å². The molecule has 3 aromatic rings. The molecule has 1 atom stereocenters. The van der Waals surface area contributed by atoms with Gasteiger partial charge in [0.25, 0.3) is 0 Å². The first-order valence-electron chi connectivity index (χ1n) is 9.09. The van der Waals surface area contributed by atoms with Crippen LogP contribution in [0.3, 0.4) is 0 Å². The largest absolute Gasteiger partial charge is 0.338 e. The first-order valence-corrected chi connectivity index (χ1v) is 9.90. The number of carbonyl (C=O) groups is 1. The molecular weight excluding hydrogens is 340 g/mol. The van der Waals surface area contributed by atoms with E-state index < -0.39 is 0 Å². The van der Waals surface area contributed by atoms with Crippen molar-refractivity contribution in [1.29, 1.82) is 0 Å². The normalized spacial score (nSPS) is 17.9. The molecule has 0 saturated carbocycles. The summed E-state index contributed by atoms with van der Waals surface area (Å²) < 4.78 is 1.23. The molecule has 0 spiro atoms. The van der Waals surface area contributed by atoms with E-state index in [4.69, 9.17) is 4.98 Å². The highest BCUT2D eigenvalue weighted by molar-refractivity contribution is 7.18. The zero-order valence-electron chi connectivity index (χ0n) is 14.9. The number of para-hydroxylation sites is 1. The fourth-order valence-electron chi connectivity index (χ4n) is 3.48. The Morgan fingerprint density at radius 3 is 2.85 bits per heavy atom. The zero-order chi connectivity index (χ0) is 17.9. The Balaban J connectivity index is 1.47. The molecule has 1 fully saturated rings. The van der Waals surface area contributed by atoms with Gasteiger partial charge in [-0.1, -0.05) is 36.4 Å². The first kappa shape index (κ1) is 17.0. The Bertz CT molecular complexity index is 926. The molecule has 3 nitrogen and oxygen atoms in total. The molecule has 1 amide bonds. The van der Waals surface area contributed by atoms with E-state index in [9.17, 15) is 4.79 Å². The van der Waals surface area contributed by atoms with Gasteiger partial charge in [0, 0.05) is 25.1 Å². The maximum atomic E-state index is 12.7.